The number of ether oxygens (including phenoxy) is 1. The van der Waals surface area contributed by atoms with Gasteiger partial charge in [-0.05, 0) is 36.4 Å². The Labute approximate surface area is 188 Å². The number of anilines is 1. The molecule has 0 spiro atoms. The third-order valence-electron chi connectivity index (χ3n) is 5.42. The second-order valence-electron chi connectivity index (χ2n) is 7.49. The quantitative estimate of drug-likeness (QED) is 0.430. The molecule has 1 saturated heterocycles. The molecule has 0 atom stereocenters. The standard InChI is InChI=1S/C23H23FN6O3/c1-33-21-12-19-15(11-18(21)24)10-17(22(31)28-19)20(29-25)13-27-16-4-2-14(3-5-16)23(32)30-8-6-26-7-9-30/h2-5,10-13,25-27H,6-9H2,1H3,(H,28,31)/b20-13-,29-25?. The van der Waals surface area contributed by atoms with E-state index in [1.54, 1.807) is 29.2 Å². The summed E-state index contributed by atoms with van der Waals surface area (Å²) in [5.41, 5.74) is 8.84. The SMILES string of the molecule is COc1cc2[nH]c(=O)c(/C(=C/Nc3ccc(C(=O)N4CCNCC4)cc3)N=N)cc2cc1F. The van der Waals surface area contributed by atoms with Gasteiger partial charge in [-0.25, -0.2) is 9.92 Å². The molecule has 33 heavy (non-hydrogen) atoms. The van der Waals surface area contributed by atoms with E-state index < -0.39 is 11.4 Å². The first-order chi connectivity index (χ1) is 16.0. The van der Waals surface area contributed by atoms with Crippen molar-refractivity contribution in [3.8, 4) is 5.75 Å². The Balaban J connectivity index is 1.55. The number of methoxy groups -OCH3 is 1. The number of rotatable bonds is 6. The van der Waals surface area contributed by atoms with Gasteiger partial charge >= 0.3 is 0 Å². The number of aromatic amines is 1. The van der Waals surface area contributed by atoms with Crippen molar-refractivity contribution in [2.75, 3.05) is 38.6 Å². The average molecular weight is 450 g/mol. The van der Waals surface area contributed by atoms with Crippen molar-refractivity contribution in [3.05, 3.63) is 76.0 Å². The number of carbonyl (C=O) groups excluding carboxylic acids is 1. The fraction of sp³-hybridized carbons (Fsp3) is 0.217. The lowest BCUT2D eigenvalue weighted by Gasteiger charge is -2.27. The third-order valence-corrected chi connectivity index (χ3v) is 5.42. The van der Waals surface area contributed by atoms with E-state index in [1.807, 2.05) is 0 Å². The highest BCUT2D eigenvalue weighted by Crippen LogP contribution is 2.25. The zero-order chi connectivity index (χ0) is 23.4. The summed E-state index contributed by atoms with van der Waals surface area (Å²) < 4.78 is 19.0. The van der Waals surface area contributed by atoms with Gasteiger partial charge in [0.25, 0.3) is 11.5 Å². The predicted octanol–water partition coefficient (Wildman–Crippen LogP) is 3.16. The van der Waals surface area contributed by atoms with E-state index in [2.05, 4.69) is 20.7 Å². The highest BCUT2D eigenvalue weighted by Gasteiger charge is 2.17. The lowest BCUT2D eigenvalue weighted by molar-refractivity contribution is 0.0736. The van der Waals surface area contributed by atoms with Gasteiger partial charge in [-0.3, -0.25) is 9.59 Å². The van der Waals surface area contributed by atoms with Crippen LogP contribution in [0.3, 0.4) is 0 Å². The van der Waals surface area contributed by atoms with Crippen LogP contribution in [-0.4, -0.2) is 49.1 Å². The van der Waals surface area contributed by atoms with Crippen molar-refractivity contribution in [1.82, 2.24) is 15.2 Å². The van der Waals surface area contributed by atoms with Gasteiger partial charge in [0.15, 0.2) is 11.6 Å². The number of amides is 1. The minimum absolute atomic E-state index is 0.0207. The first-order valence-corrected chi connectivity index (χ1v) is 10.4. The number of nitrogens with one attached hydrogen (secondary N) is 4. The highest BCUT2D eigenvalue weighted by atomic mass is 19.1. The Kier molecular flexibility index (Phi) is 6.45. The van der Waals surface area contributed by atoms with Crippen LogP contribution in [0.4, 0.5) is 10.1 Å². The second kappa shape index (κ2) is 9.61. The van der Waals surface area contributed by atoms with Gasteiger partial charge in [0.05, 0.1) is 18.2 Å². The van der Waals surface area contributed by atoms with Gasteiger partial charge in [-0.15, -0.1) is 0 Å². The van der Waals surface area contributed by atoms with E-state index in [4.69, 9.17) is 10.3 Å². The predicted molar refractivity (Wildman–Crippen MR) is 123 cm³/mol. The first kappa shape index (κ1) is 22.2. The van der Waals surface area contributed by atoms with Gasteiger partial charge in [0.1, 0.15) is 5.70 Å². The largest absolute Gasteiger partial charge is 0.494 e. The van der Waals surface area contributed by atoms with Gasteiger partial charge < -0.3 is 25.3 Å². The van der Waals surface area contributed by atoms with Crippen molar-refractivity contribution < 1.29 is 13.9 Å². The number of pyridine rings is 1. The van der Waals surface area contributed by atoms with Crippen LogP contribution >= 0.6 is 0 Å². The van der Waals surface area contributed by atoms with Gasteiger partial charge in [-0.1, -0.05) is 0 Å². The van der Waals surface area contributed by atoms with Crippen LogP contribution in [0.15, 0.2) is 58.6 Å². The van der Waals surface area contributed by atoms with Crippen LogP contribution in [0.2, 0.25) is 0 Å². The fourth-order valence-corrected chi connectivity index (χ4v) is 3.64. The number of hydrogen-bond acceptors (Lipinski definition) is 7. The number of H-pyrrole nitrogens is 1. The zero-order valence-corrected chi connectivity index (χ0v) is 17.9. The Hall–Kier alpha value is -4.05. The summed E-state index contributed by atoms with van der Waals surface area (Å²) in [6.45, 7) is 2.91. The van der Waals surface area contributed by atoms with Crippen LogP contribution in [0.25, 0.3) is 16.6 Å². The summed E-state index contributed by atoms with van der Waals surface area (Å²) in [6, 6.07) is 11.0. The van der Waals surface area contributed by atoms with Crippen molar-refractivity contribution in [3.63, 3.8) is 0 Å². The molecule has 9 nitrogen and oxygen atoms in total. The van der Waals surface area contributed by atoms with E-state index in [0.717, 1.165) is 13.1 Å². The molecule has 4 N–H and O–H groups in total. The molecule has 10 heteroatoms. The molecule has 0 aliphatic carbocycles. The van der Waals surface area contributed by atoms with Gasteiger partial charge in [0.2, 0.25) is 0 Å². The van der Waals surface area contributed by atoms with Crippen molar-refractivity contribution in [1.29, 1.82) is 5.53 Å². The van der Waals surface area contributed by atoms with Crippen molar-refractivity contribution in [2.45, 2.75) is 0 Å². The van der Waals surface area contributed by atoms with Crippen LogP contribution < -0.4 is 20.9 Å². The molecule has 0 saturated carbocycles. The number of carbonyl (C=O) groups is 1. The molecule has 1 aliphatic heterocycles. The Morgan fingerprint density at radius 1 is 1.21 bits per heavy atom. The molecule has 0 radical (unpaired) electrons. The second-order valence-corrected chi connectivity index (χ2v) is 7.49. The Morgan fingerprint density at radius 3 is 2.61 bits per heavy atom. The smallest absolute Gasteiger partial charge is 0.258 e. The summed E-state index contributed by atoms with van der Waals surface area (Å²) in [5.74, 6) is -0.565. The van der Waals surface area contributed by atoms with Crippen LogP contribution in [0.1, 0.15) is 15.9 Å². The number of benzene rings is 2. The normalized spacial score (nSPS) is 14.2. The number of fused-ring (bicyclic) bond motifs is 1. The molecule has 1 aromatic heterocycles. The van der Waals surface area contributed by atoms with Crippen LogP contribution in [-0.2, 0) is 0 Å². The highest BCUT2D eigenvalue weighted by molar-refractivity contribution is 5.94. The summed E-state index contributed by atoms with van der Waals surface area (Å²) in [7, 11) is 1.34. The van der Waals surface area contributed by atoms with Crippen LogP contribution in [0, 0.1) is 11.3 Å². The summed E-state index contributed by atoms with van der Waals surface area (Å²) in [5, 5.41) is 10.1. The number of hydrogen-bond donors (Lipinski definition) is 4. The Bertz CT molecular complexity index is 1280. The first-order valence-electron chi connectivity index (χ1n) is 10.4. The topological polar surface area (TPSA) is 123 Å². The van der Waals surface area contributed by atoms with Crippen LogP contribution in [0.5, 0.6) is 5.75 Å². The molecule has 3 aromatic rings. The maximum atomic E-state index is 14.1. The number of piperazine rings is 1. The molecule has 1 amide bonds. The molecule has 2 aromatic carbocycles. The number of aromatic nitrogens is 1. The lowest BCUT2D eigenvalue weighted by Crippen LogP contribution is -2.46. The molecule has 1 aliphatic rings. The number of halogens is 1. The van der Waals surface area contributed by atoms with E-state index in [9.17, 15) is 14.0 Å². The molecule has 1 fully saturated rings. The Morgan fingerprint density at radius 2 is 1.94 bits per heavy atom. The third kappa shape index (κ3) is 4.75. The lowest BCUT2D eigenvalue weighted by atomic mass is 10.1. The molecular formula is C23H23FN6O3. The average Bonchev–Trinajstić information content (AvgIpc) is 2.85. The fourth-order valence-electron chi connectivity index (χ4n) is 3.64. The van der Waals surface area contributed by atoms with E-state index in [-0.39, 0.29) is 22.9 Å². The maximum absolute atomic E-state index is 14.1. The number of nitrogens with zero attached hydrogens (tertiary/aromatic N) is 2. The summed E-state index contributed by atoms with van der Waals surface area (Å²) in [6.07, 6.45) is 1.41. The summed E-state index contributed by atoms with van der Waals surface area (Å²) >= 11 is 0. The van der Waals surface area contributed by atoms with E-state index >= 15 is 0 Å². The van der Waals surface area contributed by atoms with Crippen molar-refractivity contribution in [2.24, 2.45) is 5.11 Å². The minimum Gasteiger partial charge on any atom is -0.494 e. The molecule has 0 unspecified atom stereocenters. The van der Waals surface area contributed by atoms with E-state index in [0.29, 0.717) is 35.2 Å². The maximum Gasteiger partial charge on any atom is 0.258 e. The summed E-state index contributed by atoms with van der Waals surface area (Å²) in [4.78, 5) is 29.6. The molecule has 4 rings (SSSR count). The van der Waals surface area contributed by atoms with Gasteiger partial charge in [-0.2, -0.15) is 5.11 Å². The van der Waals surface area contributed by atoms with Crippen molar-refractivity contribution >= 4 is 28.2 Å². The monoisotopic (exact) mass is 450 g/mol. The van der Waals surface area contributed by atoms with E-state index in [1.165, 1.54) is 31.5 Å². The molecular weight excluding hydrogens is 427 g/mol. The minimum atomic E-state index is -0.565. The molecule has 0 bridgehead atoms. The molecule has 2 heterocycles. The van der Waals surface area contributed by atoms with Gasteiger partial charge in [0, 0.05) is 55.1 Å². The zero-order valence-electron chi connectivity index (χ0n) is 17.9. The molecule has 170 valence electrons.